The summed E-state index contributed by atoms with van der Waals surface area (Å²) in [6.45, 7) is 3.55. The summed E-state index contributed by atoms with van der Waals surface area (Å²) in [5.41, 5.74) is 11.3. The molecule has 0 aliphatic rings. The summed E-state index contributed by atoms with van der Waals surface area (Å²) in [4.78, 5) is 21.6. The SMILES string of the molecule is C=CC(N)n1cnc2c(=O)[nH]c(N)nc21. The lowest BCUT2D eigenvalue weighted by molar-refractivity contribution is 0.645. The second-order valence-corrected chi connectivity index (χ2v) is 3.00. The van der Waals surface area contributed by atoms with E-state index in [1.807, 2.05) is 0 Å². The van der Waals surface area contributed by atoms with Gasteiger partial charge in [0.1, 0.15) is 6.17 Å². The molecular formula is C8H10N6O. The Balaban J connectivity index is 2.79. The van der Waals surface area contributed by atoms with Crippen LogP contribution in [0.1, 0.15) is 6.17 Å². The first-order valence-corrected chi connectivity index (χ1v) is 4.24. The molecular weight excluding hydrogens is 196 g/mol. The Kier molecular flexibility index (Phi) is 2.01. The molecule has 0 fully saturated rings. The third-order valence-corrected chi connectivity index (χ3v) is 2.01. The van der Waals surface area contributed by atoms with E-state index in [1.54, 1.807) is 0 Å². The number of imidazole rings is 1. The van der Waals surface area contributed by atoms with Gasteiger partial charge in [0.05, 0.1) is 6.33 Å². The molecule has 0 aliphatic carbocycles. The van der Waals surface area contributed by atoms with Crippen molar-refractivity contribution in [2.75, 3.05) is 5.73 Å². The second-order valence-electron chi connectivity index (χ2n) is 3.00. The molecule has 7 nitrogen and oxygen atoms in total. The quantitative estimate of drug-likeness (QED) is 0.564. The van der Waals surface area contributed by atoms with Crippen LogP contribution in [0.5, 0.6) is 0 Å². The van der Waals surface area contributed by atoms with E-state index >= 15 is 0 Å². The Morgan fingerprint density at radius 2 is 2.40 bits per heavy atom. The predicted molar refractivity (Wildman–Crippen MR) is 56.0 cm³/mol. The van der Waals surface area contributed by atoms with Crippen LogP contribution in [0.25, 0.3) is 11.2 Å². The largest absolute Gasteiger partial charge is 0.369 e. The third kappa shape index (κ3) is 1.38. The number of hydrogen-bond acceptors (Lipinski definition) is 5. The number of fused-ring (bicyclic) bond motifs is 1. The van der Waals surface area contributed by atoms with Crippen molar-refractivity contribution in [2.45, 2.75) is 6.17 Å². The van der Waals surface area contributed by atoms with Crippen LogP contribution in [0.3, 0.4) is 0 Å². The first-order valence-electron chi connectivity index (χ1n) is 4.24. The molecule has 2 aromatic heterocycles. The summed E-state index contributed by atoms with van der Waals surface area (Å²) in [6, 6.07) is 0. The Labute approximate surface area is 84.4 Å². The standard InChI is InChI=1S/C8H10N6O/c1-2-4(9)14-3-11-5-6(14)12-8(10)13-7(5)15/h2-4H,1,9H2,(H3,10,12,13,15). The zero-order valence-corrected chi connectivity index (χ0v) is 7.84. The number of rotatable bonds is 2. The number of aromatic amines is 1. The number of nitrogens with one attached hydrogen (secondary N) is 1. The van der Waals surface area contributed by atoms with E-state index in [1.165, 1.54) is 17.0 Å². The van der Waals surface area contributed by atoms with Gasteiger partial charge >= 0.3 is 0 Å². The summed E-state index contributed by atoms with van der Waals surface area (Å²) in [6.07, 6.45) is 2.46. The maximum Gasteiger partial charge on any atom is 0.280 e. The van der Waals surface area contributed by atoms with Crippen LogP contribution in [0.15, 0.2) is 23.8 Å². The summed E-state index contributed by atoms with van der Waals surface area (Å²) in [7, 11) is 0. The fourth-order valence-electron chi connectivity index (χ4n) is 1.27. The number of aromatic nitrogens is 4. The van der Waals surface area contributed by atoms with Gasteiger partial charge in [0, 0.05) is 0 Å². The molecule has 0 saturated carbocycles. The molecule has 2 aromatic rings. The number of H-pyrrole nitrogens is 1. The van der Waals surface area contributed by atoms with E-state index in [0.29, 0.717) is 5.65 Å². The molecule has 2 heterocycles. The first-order chi connectivity index (χ1) is 7.13. The van der Waals surface area contributed by atoms with Crippen molar-refractivity contribution in [2.24, 2.45) is 5.73 Å². The zero-order chi connectivity index (χ0) is 11.0. The van der Waals surface area contributed by atoms with Crippen molar-refractivity contribution < 1.29 is 0 Å². The van der Waals surface area contributed by atoms with Crippen LogP contribution >= 0.6 is 0 Å². The topological polar surface area (TPSA) is 116 Å². The maximum atomic E-state index is 11.4. The monoisotopic (exact) mass is 206 g/mol. The molecule has 15 heavy (non-hydrogen) atoms. The second kappa shape index (κ2) is 3.21. The molecule has 5 N–H and O–H groups in total. The molecule has 1 unspecified atom stereocenters. The molecule has 1 atom stereocenters. The summed E-state index contributed by atoms with van der Waals surface area (Å²) in [5, 5.41) is 0. The van der Waals surface area contributed by atoms with E-state index in [4.69, 9.17) is 11.5 Å². The van der Waals surface area contributed by atoms with E-state index in [9.17, 15) is 4.79 Å². The van der Waals surface area contributed by atoms with Gasteiger partial charge in [0.15, 0.2) is 11.2 Å². The average molecular weight is 206 g/mol. The van der Waals surface area contributed by atoms with Gasteiger partial charge < -0.3 is 11.5 Å². The highest BCUT2D eigenvalue weighted by molar-refractivity contribution is 5.70. The highest BCUT2D eigenvalue weighted by atomic mass is 16.1. The van der Waals surface area contributed by atoms with Crippen molar-refractivity contribution in [3.05, 3.63) is 29.3 Å². The predicted octanol–water partition coefficient (Wildman–Crippen LogP) is -0.655. The molecule has 0 radical (unpaired) electrons. The lowest BCUT2D eigenvalue weighted by Gasteiger charge is -2.07. The van der Waals surface area contributed by atoms with E-state index in [2.05, 4.69) is 21.5 Å². The van der Waals surface area contributed by atoms with Gasteiger partial charge in [-0.25, -0.2) is 4.98 Å². The van der Waals surface area contributed by atoms with Gasteiger partial charge in [-0.05, 0) is 0 Å². The number of nitrogens with zero attached hydrogens (tertiary/aromatic N) is 3. The van der Waals surface area contributed by atoms with Crippen LogP contribution in [0.2, 0.25) is 0 Å². The molecule has 2 rings (SSSR count). The minimum atomic E-state index is -0.483. The van der Waals surface area contributed by atoms with Crippen molar-refractivity contribution in [3.8, 4) is 0 Å². The Morgan fingerprint density at radius 3 is 3.07 bits per heavy atom. The Bertz CT molecular complexity index is 568. The molecule has 0 aromatic carbocycles. The van der Waals surface area contributed by atoms with Gasteiger partial charge in [-0.2, -0.15) is 4.98 Å². The van der Waals surface area contributed by atoms with Gasteiger partial charge in [-0.1, -0.05) is 12.7 Å². The molecule has 0 bridgehead atoms. The van der Waals surface area contributed by atoms with Crippen LogP contribution in [0.4, 0.5) is 5.95 Å². The number of anilines is 1. The lowest BCUT2D eigenvalue weighted by Crippen LogP contribution is -2.17. The average Bonchev–Trinajstić information content (AvgIpc) is 2.60. The lowest BCUT2D eigenvalue weighted by atomic mass is 10.4. The normalized spacial score (nSPS) is 12.9. The van der Waals surface area contributed by atoms with E-state index in [0.717, 1.165) is 0 Å². The maximum absolute atomic E-state index is 11.4. The van der Waals surface area contributed by atoms with Crippen LogP contribution < -0.4 is 17.0 Å². The third-order valence-electron chi connectivity index (χ3n) is 2.01. The van der Waals surface area contributed by atoms with Gasteiger partial charge in [-0.3, -0.25) is 14.3 Å². The smallest absolute Gasteiger partial charge is 0.280 e. The minimum Gasteiger partial charge on any atom is -0.369 e. The van der Waals surface area contributed by atoms with Crippen LogP contribution in [-0.2, 0) is 0 Å². The Morgan fingerprint density at radius 1 is 1.67 bits per heavy atom. The molecule has 0 amide bonds. The first kappa shape index (κ1) is 9.41. The molecule has 0 spiro atoms. The number of nitrogen functional groups attached to an aromatic ring is 1. The summed E-state index contributed by atoms with van der Waals surface area (Å²) in [5.74, 6) is 0.0329. The molecule has 0 saturated heterocycles. The molecule has 0 aliphatic heterocycles. The molecule has 78 valence electrons. The molecule has 7 heteroatoms. The fraction of sp³-hybridized carbons (Fsp3) is 0.125. The highest BCUT2D eigenvalue weighted by Gasteiger charge is 2.11. The minimum absolute atomic E-state index is 0.0329. The van der Waals surface area contributed by atoms with E-state index < -0.39 is 6.17 Å². The van der Waals surface area contributed by atoms with Crippen LogP contribution in [-0.4, -0.2) is 19.5 Å². The Hall–Kier alpha value is -2.15. The van der Waals surface area contributed by atoms with Crippen molar-refractivity contribution >= 4 is 17.1 Å². The van der Waals surface area contributed by atoms with Crippen molar-refractivity contribution in [1.29, 1.82) is 0 Å². The van der Waals surface area contributed by atoms with Gasteiger partial charge in [-0.15, -0.1) is 0 Å². The number of nitrogens with two attached hydrogens (primary N) is 2. The van der Waals surface area contributed by atoms with Gasteiger partial charge in [0.25, 0.3) is 5.56 Å². The van der Waals surface area contributed by atoms with Crippen molar-refractivity contribution in [3.63, 3.8) is 0 Å². The number of hydrogen-bond donors (Lipinski definition) is 3. The highest BCUT2D eigenvalue weighted by Crippen LogP contribution is 2.10. The van der Waals surface area contributed by atoms with E-state index in [-0.39, 0.29) is 17.0 Å². The van der Waals surface area contributed by atoms with Crippen LogP contribution in [0, 0.1) is 0 Å². The summed E-state index contributed by atoms with van der Waals surface area (Å²) < 4.78 is 1.52. The fourth-order valence-corrected chi connectivity index (χ4v) is 1.27. The summed E-state index contributed by atoms with van der Waals surface area (Å²) >= 11 is 0. The van der Waals surface area contributed by atoms with Crippen molar-refractivity contribution in [1.82, 2.24) is 19.5 Å². The van der Waals surface area contributed by atoms with Gasteiger partial charge in [0.2, 0.25) is 5.95 Å². The zero-order valence-electron chi connectivity index (χ0n) is 7.84.